The van der Waals surface area contributed by atoms with Gasteiger partial charge in [-0.2, -0.15) is 8.78 Å². The minimum absolute atomic E-state index is 0.00201. The van der Waals surface area contributed by atoms with Crippen LogP contribution >= 0.6 is 0 Å². The summed E-state index contributed by atoms with van der Waals surface area (Å²) in [7, 11) is 0. The third kappa shape index (κ3) is 8.62. The van der Waals surface area contributed by atoms with Crippen molar-refractivity contribution in [3.8, 4) is 11.5 Å². The zero-order chi connectivity index (χ0) is 29.3. The van der Waals surface area contributed by atoms with E-state index in [1.54, 1.807) is 13.0 Å². The van der Waals surface area contributed by atoms with Gasteiger partial charge in [0.2, 0.25) is 0 Å². The maximum Gasteiger partial charge on any atom is 0.381 e. The van der Waals surface area contributed by atoms with Gasteiger partial charge >= 0.3 is 23.8 Å². The van der Waals surface area contributed by atoms with Crippen LogP contribution < -0.4 is 4.74 Å². The predicted octanol–water partition coefficient (Wildman–Crippen LogP) is 4.58. The van der Waals surface area contributed by atoms with Crippen molar-refractivity contribution in [1.29, 1.82) is 0 Å². The summed E-state index contributed by atoms with van der Waals surface area (Å²) in [5.74, 6) is -10.9. The molecule has 0 bridgehead atoms. The molecule has 2 N–H and O–H groups in total. The molecule has 0 spiro atoms. The molecule has 1 aromatic rings. The summed E-state index contributed by atoms with van der Waals surface area (Å²) in [6.07, 6.45) is 4.30. The number of carbonyl (C=O) groups is 3. The van der Waals surface area contributed by atoms with Gasteiger partial charge in [-0.05, 0) is 57.6 Å². The minimum atomic E-state index is -4.28. The number of phenolic OH excluding ortho intramolecular Hbond substituents is 1. The molecule has 0 aliphatic heterocycles. The highest BCUT2D eigenvalue weighted by atomic mass is 19.3. The number of halogens is 2. The maximum absolute atomic E-state index is 15.1. The lowest BCUT2D eigenvalue weighted by Crippen LogP contribution is -2.29. The van der Waals surface area contributed by atoms with E-state index in [-0.39, 0.29) is 30.9 Å². The minimum Gasteiger partial charge on any atom is -0.507 e. The van der Waals surface area contributed by atoms with Crippen LogP contribution in [0.15, 0.2) is 48.1 Å². The molecule has 1 aromatic carbocycles. The molecule has 0 aromatic heterocycles. The Balaban J connectivity index is 2.43. The smallest absolute Gasteiger partial charge is 0.381 e. The number of benzene rings is 1. The third-order valence-corrected chi connectivity index (χ3v) is 5.99. The summed E-state index contributed by atoms with van der Waals surface area (Å²) >= 11 is 0. The van der Waals surface area contributed by atoms with Crippen molar-refractivity contribution >= 4 is 17.9 Å². The number of ether oxygens (including phenoxy) is 2. The zero-order valence-electron chi connectivity index (χ0n) is 21.4. The summed E-state index contributed by atoms with van der Waals surface area (Å²) in [4.78, 5) is 49.5. The average molecular weight is 554 g/mol. The number of aromatic hydroxyl groups is 1. The normalized spacial score (nSPS) is 17.3. The number of rotatable bonds is 13. The molecule has 0 saturated heterocycles. The van der Waals surface area contributed by atoms with Gasteiger partial charge in [-0.1, -0.05) is 23.8 Å². The molecule has 0 heterocycles. The van der Waals surface area contributed by atoms with Crippen molar-refractivity contribution < 1.29 is 52.8 Å². The van der Waals surface area contributed by atoms with E-state index in [4.69, 9.17) is 9.84 Å². The lowest BCUT2D eigenvalue weighted by molar-refractivity contribution is -0.757. The molecular weight excluding hydrogens is 524 g/mol. The number of phenols is 1. The summed E-state index contributed by atoms with van der Waals surface area (Å²) in [6, 6.07) is 1.40. The molecule has 39 heavy (non-hydrogen) atoms. The second kappa shape index (κ2) is 13.5. The first-order chi connectivity index (χ1) is 18.2. The van der Waals surface area contributed by atoms with Gasteiger partial charge in [0.15, 0.2) is 0 Å². The van der Waals surface area contributed by atoms with Crippen molar-refractivity contribution in [2.45, 2.75) is 51.4 Å². The lowest BCUT2D eigenvalue weighted by atomic mass is 9.73. The van der Waals surface area contributed by atoms with Crippen molar-refractivity contribution in [2.75, 3.05) is 13.2 Å². The first-order valence-electron chi connectivity index (χ1n) is 11.9. The van der Waals surface area contributed by atoms with Crippen LogP contribution in [0.2, 0.25) is 0 Å². The van der Waals surface area contributed by atoms with E-state index in [0.717, 1.165) is 23.6 Å². The molecule has 2 rings (SSSR count). The quantitative estimate of drug-likeness (QED) is 0.0672. The number of aliphatic carboxylic acids is 1. The van der Waals surface area contributed by atoms with Gasteiger partial charge in [-0.25, -0.2) is 14.4 Å². The van der Waals surface area contributed by atoms with Crippen molar-refractivity contribution in [1.82, 2.24) is 0 Å². The van der Waals surface area contributed by atoms with Gasteiger partial charge in [0.25, 0.3) is 5.09 Å². The molecule has 11 nitrogen and oxygen atoms in total. The standard InChI is InChI=1S/C26H29F2NO10/c1-15(2)18-7-6-16(3)12-19(18)24-20(30)13-17(14-21(24)39-23(33)9-8-22(31)32)26(27,28)25(34)37-10-4-5-11-38-29(35)36/h8-9,12-14,18-19,30H,1,4-7,10-11H2,2-3H3,(H,31,32)/t18-,19+/m0/s1. The van der Waals surface area contributed by atoms with E-state index < -0.39 is 58.5 Å². The Labute approximate surface area is 222 Å². The highest BCUT2D eigenvalue weighted by Gasteiger charge is 2.44. The molecule has 0 amide bonds. The molecule has 13 heteroatoms. The monoisotopic (exact) mass is 553 g/mol. The van der Waals surface area contributed by atoms with E-state index in [0.29, 0.717) is 24.6 Å². The van der Waals surface area contributed by atoms with E-state index >= 15 is 8.78 Å². The van der Waals surface area contributed by atoms with E-state index in [1.807, 2.05) is 6.92 Å². The number of carbonyl (C=O) groups excluding carboxylic acids is 2. The molecule has 0 unspecified atom stereocenters. The number of esters is 2. The lowest BCUT2D eigenvalue weighted by Gasteiger charge is -2.32. The van der Waals surface area contributed by atoms with Crippen molar-refractivity contribution in [3.63, 3.8) is 0 Å². The fourth-order valence-electron chi connectivity index (χ4n) is 4.12. The van der Waals surface area contributed by atoms with Gasteiger partial charge in [-0.3, -0.25) is 0 Å². The van der Waals surface area contributed by atoms with Crippen LogP contribution in [0.3, 0.4) is 0 Å². The van der Waals surface area contributed by atoms with E-state index in [2.05, 4.69) is 16.2 Å². The Bertz CT molecular complexity index is 1190. The zero-order valence-corrected chi connectivity index (χ0v) is 21.4. The highest BCUT2D eigenvalue weighted by Crippen LogP contribution is 2.48. The van der Waals surface area contributed by atoms with Gasteiger partial charge in [0, 0.05) is 29.2 Å². The van der Waals surface area contributed by atoms with Crippen LogP contribution in [0.4, 0.5) is 8.78 Å². The Morgan fingerprint density at radius 1 is 1.23 bits per heavy atom. The molecule has 1 aliphatic carbocycles. The number of carboxylic acid groups (broad SMARTS) is 1. The van der Waals surface area contributed by atoms with Gasteiger partial charge in [0.1, 0.15) is 11.5 Å². The Morgan fingerprint density at radius 2 is 1.90 bits per heavy atom. The summed E-state index contributed by atoms with van der Waals surface area (Å²) in [5, 5.41) is 28.8. The van der Waals surface area contributed by atoms with E-state index in [1.165, 1.54) is 0 Å². The number of nitrogens with zero attached hydrogens (tertiary/aromatic N) is 1. The van der Waals surface area contributed by atoms with Gasteiger partial charge in [0.05, 0.1) is 13.2 Å². The number of alkyl halides is 2. The Morgan fingerprint density at radius 3 is 2.51 bits per heavy atom. The predicted molar refractivity (Wildman–Crippen MR) is 132 cm³/mol. The van der Waals surface area contributed by atoms with Gasteiger partial charge < -0.3 is 24.5 Å². The molecule has 0 fully saturated rings. The van der Waals surface area contributed by atoms with Crippen LogP contribution in [0.5, 0.6) is 11.5 Å². The van der Waals surface area contributed by atoms with Crippen LogP contribution in [0.1, 0.15) is 56.6 Å². The van der Waals surface area contributed by atoms with Crippen LogP contribution in [0, 0.1) is 16.0 Å². The fraction of sp³-hybridized carbons (Fsp3) is 0.423. The molecule has 0 saturated carbocycles. The Kier molecular flexibility index (Phi) is 10.7. The Hall–Kier alpha value is -4.29. The molecule has 2 atom stereocenters. The average Bonchev–Trinajstić information content (AvgIpc) is 2.84. The second-order valence-electron chi connectivity index (χ2n) is 9.00. The number of unbranched alkanes of at least 4 members (excludes halogenated alkanes) is 1. The largest absolute Gasteiger partial charge is 0.507 e. The van der Waals surface area contributed by atoms with E-state index in [9.17, 15) is 29.6 Å². The number of allylic oxidation sites excluding steroid dienone is 3. The highest BCUT2D eigenvalue weighted by molar-refractivity contribution is 5.92. The van der Waals surface area contributed by atoms with Crippen LogP contribution in [0.25, 0.3) is 0 Å². The molecule has 0 radical (unpaired) electrons. The summed E-state index contributed by atoms with van der Waals surface area (Å²) in [6.45, 7) is 6.80. The third-order valence-electron chi connectivity index (χ3n) is 5.99. The summed E-state index contributed by atoms with van der Waals surface area (Å²) in [5.41, 5.74) is 0.658. The number of hydrogen-bond donors (Lipinski definition) is 2. The second-order valence-corrected chi connectivity index (χ2v) is 9.00. The van der Waals surface area contributed by atoms with Crippen LogP contribution in [-0.4, -0.2) is 46.4 Å². The summed E-state index contributed by atoms with van der Waals surface area (Å²) < 4.78 is 39.9. The van der Waals surface area contributed by atoms with Crippen LogP contribution in [-0.2, 0) is 29.9 Å². The van der Waals surface area contributed by atoms with Gasteiger partial charge in [-0.15, -0.1) is 10.1 Å². The van der Waals surface area contributed by atoms with Crippen molar-refractivity contribution in [3.05, 3.63) is 69.3 Å². The van der Waals surface area contributed by atoms with Crippen molar-refractivity contribution in [2.24, 2.45) is 5.92 Å². The fourth-order valence-corrected chi connectivity index (χ4v) is 4.12. The number of hydrogen-bond acceptors (Lipinski definition) is 9. The topological polar surface area (TPSA) is 162 Å². The molecule has 212 valence electrons. The number of carboxylic acids is 1. The molecular formula is C26H29F2NO10. The first kappa shape index (κ1) is 30.9. The SMILES string of the molecule is C=C(C)[C@@H]1CCC(C)=C[C@H]1c1c(O)cc(C(F)(F)C(=O)OCCCCO[N+](=O)[O-])cc1OC(=O)C=CC(=O)O. The molecule has 1 aliphatic rings. The first-order valence-corrected chi connectivity index (χ1v) is 11.9. The maximum atomic E-state index is 15.1.